The Labute approximate surface area is 279 Å². The van der Waals surface area contributed by atoms with Gasteiger partial charge in [0.25, 0.3) is 5.91 Å². The highest BCUT2D eigenvalue weighted by molar-refractivity contribution is 6.37. The summed E-state index contributed by atoms with van der Waals surface area (Å²) in [6.07, 6.45) is 13.4. The van der Waals surface area contributed by atoms with Crippen LogP contribution in [0.25, 0.3) is 0 Å². The quantitative estimate of drug-likeness (QED) is 0.234. The first kappa shape index (κ1) is 34.9. The second kappa shape index (κ2) is 15.6. The van der Waals surface area contributed by atoms with Crippen LogP contribution in [-0.4, -0.2) is 64.6 Å². The highest BCUT2D eigenvalue weighted by Crippen LogP contribution is 2.36. The van der Waals surface area contributed by atoms with Crippen molar-refractivity contribution >= 4 is 29.5 Å². The first-order valence-electron chi connectivity index (χ1n) is 18.1. The first-order valence-corrected chi connectivity index (χ1v) is 18.1. The van der Waals surface area contributed by atoms with Crippen molar-refractivity contribution < 1.29 is 24.0 Å². The highest BCUT2D eigenvalue weighted by Gasteiger charge is 2.47. The third-order valence-corrected chi connectivity index (χ3v) is 11.2. The summed E-state index contributed by atoms with van der Waals surface area (Å²) in [5.74, 6) is -2.30. The van der Waals surface area contributed by atoms with Gasteiger partial charge in [-0.1, -0.05) is 95.5 Å². The number of amides is 5. The Bertz CT molecular complexity index is 1270. The zero-order chi connectivity index (χ0) is 33.6. The number of rotatable bonds is 13. The van der Waals surface area contributed by atoms with E-state index in [1.165, 1.54) is 5.56 Å². The van der Waals surface area contributed by atoms with Crippen molar-refractivity contribution in [2.45, 2.75) is 134 Å². The largest absolute Gasteiger partial charge is 0.363 e. The van der Waals surface area contributed by atoms with E-state index in [0.717, 1.165) is 83.5 Å². The lowest BCUT2D eigenvalue weighted by Gasteiger charge is -2.40. The molecule has 3 aliphatic carbocycles. The summed E-state index contributed by atoms with van der Waals surface area (Å²) < 4.78 is 0. The summed E-state index contributed by atoms with van der Waals surface area (Å²) in [7, 11) is 0. The molecule has 4 atom stereocenters. The molecule has 1 saturated heterocycles. The number of urea groups is 1. The Balaban J connectivity index is 1.36. The summed E-state index contributed by atoms with van der Waals surface area (Å²) in [6, 6.07) is 7.35. The van der Waals surface area contributed by atoms with Crippen molar-refractivity contribution in [3.63, 3.8) is 0 Å². The van der Waals surface area contributed by atoms with Crippen molar-refractivity contribution in [3.8, 4) is 0 Å². The molecule has 0 spiro atoms. The van der Waals surface area contributed by atoms with Crippen molar-refractivity contribution in [2.24, 2.45) is 29.4 Å². The van der Waals surface area contributed by atoms with Crippen LogP contribution in [0.15, 0.2) is 30.3 Å². The van der Waals surface area contributed by atoms with Crippen molar-refractivity contribution in [2.75, 3.05) is 6.54 Å². The van der Waals surface area contributed by atoms with Crippen molar-refractivity contribution in [1.82, 2.24) is 20.9 Å². The van der Waals surface area contributed by atoms with Gasteiger partial charge in [0.1, 0.15) is 12.1 Å². The third-order valence-electron chi connectivity index (χ3n) is 11.2. The molecule has 0 radical (unpaired) electrons. The molecule has 5 rings (SSSR count). The number of hydrogen-bond donors (Lipinski definition) is 4. The van der Waals surface area contributed by atoms with Crippen LogP contribution >= 0.6 is 0 Å². The van der Waals surface area contributed by atoms with Gasteiger partial charge in [-0.25, -0.2) is 4.79 Å². The topological polar surface area (TPSA) is 151 Å². The Morgan fingerprint density at radius 3 is 2.15 bits per heavy atom. The molecular weight excluding hydrogens is 594 g/mol. The van der Waals surface area contributed by atoms with Crippen LogP contribution in [0, 0.1) is 23.7 Å². The number of nitrogens with one attached hydrogen (secondary N) is 3. The molecule has 4 aliphatic rings. The van der Waals surface area contributed by atoms with Gasteiger partial charge in [0.2, 0.25) is 17.6 Å². The fraction of sp³-hybridized carbons (Fsp3) is 0.703. The van der Waals surface area contributed by atoms with Crippen LogP contribution in [0.5, 0.6) is 0 Å². The molecule has 1 aromatic carbocycles. The zero-order valence-electron chi connectivity index (χ0n) is 28.3. The number of nitrogens with two attached hydrogens (primary N) is 1. The lowest BCUT2D eigenvalue weighted by Crippen LogP contribution is -2.62. The predicted molar refractivity (Wildman–Crippen MR) is 180 cm³/mol. The number of carbonyl (C=O) groups is 5. The van der Waals surface area contributed by atoms with Crippen LogP contribution in [0.2, 0.25) is 0 Å². The van der Waals surface area contributed by atoms with Gasteiger partial charge < -0.3 is 26.6 Å². The Kier molecular flexibility index (Phi) is 11.6. The molecule has 258 valence electrons. The molecule has 3 saturated carbocycles. The number of primary amides is 1. The maximum absolute atomic E-state index is 14.6. The second-order valence-electron chi connectivity index (χ2n) is 15.1. The predicted octanol–water partition coefficient (Wildman–Crippen LogP) is 4.39. The average Bonchev–Trinajstić information content (AvgIpc) is 3.76. The lowest BCUT2D eigenvalue weighted by molar-refractivity contribution is -0.144. The number of hydrogen-bond acceptors (Lipinski definition) is 5. The number of carbonyl (C=O) groups excluding carboxylic acids is 5. The van der Waals surface area contributed by atoms with Gasteiger partial charge in [0, 0.05) is 12.1 Å². The summed E-state index contributed by atoms with van der Waals surface area (Å²) in [4.78, 5) is 68.7. The normalized spacial score (nSPS) is 24.3. The van der Waals surface area contributed by atoms with Crippen LogP contribution in [0.4, 0.5) is 4.79 Å². The van der Waals surface area contributed by atoms with E-state index in [-0.39, 0.29) is 41.1 Å². The van der Waals surface area contributed by atoms with Gasteiger partial charge >= 0.3 is 6.03 Å². The molecule has 1 heterocycles. The number of benzene rings is 1. The van der Waals surface area contributed by atoms with Gasteiger partial charge in [-0.15, -0.1) is 0 Å². The highest BCUT2D eigenvalue weighted by atomic mass is 16.2. The van der Waals surface area contributed by atoms with Gasteiger partial charge in [0.15, 0.2) is 0 Å². The van der Waals surface area contributed by atoms with Crippen LogP contribution < -0.4 is 21.7 Å². The van der Waals surface area contributed by atoms with Crippen molar-refractivity contribution in [1.29, 1.82) is 0 Å². The average molecular weight is 650 g/mol. The van der Waals surface area contributed by atoms with Crippen molar-refractivity contribution in [3.05, 3.63) is 35.9 Å². The minimum atomic E-state index is -1.06. The molecule has 47 heavy (non-hydrogen) atoms. The SMILES string of the molecule is CC(C)[C@H]1CCN(C(=O)[C@@H](NC(=O)NC2(Cc3ccccc3)CCCCC2)C2CCCCC2)[C@@H]1C(=O)NC(CC1CC1)C(=O)C(N)=O. The van der Waals surface area contributed by atoms with Crippen LogP contribution in [-0.2, 0) is 25.6 Å². The number of Topliss-reactive ketones (excluding diaryl/α,β-unsaturated/α-hetero) is 1. The minimum absolute atomic E-state index is 0.0284. The van der Waals surface area contributed by atoms with E-state index >= 15 is 0 Å². The summed E-state index contributed by atoms with van der Waals surface area (Å²) in [6.45, 7) is 4.47. The van der Waals surface area contributed by atoms with E-state index < -0.39 is 35.7 Å². The van der Waals surface area contributed by atoms with E-state index in [4.69, 9.17) is 5.73 Å². The van der Waals surface area contributed by atoms with E-state index in [0.29, 0.717) is 19.4 Å². The fourth-order valence-corrected chi connectivity index (χ4v) is 8.45. The molecule has 5 amide bonds. The summed E-state index contributed by atoms with van der Waals surface area (Å²) >= 11 is 0. The monoisotopic (exact) mass is 649 g/mol. The Morgan fingerprint density at radius 1 is 0.872 bits per heavy atom. The number of ketones is 1. The van der Waals surface area contributed by atoms with E-state index in [1.807, 2.05) is 32.0 Å². The molecule has 10 nitrogen and oxygen atoms in total. The lowest BCUT2D eigenvalue weighted by atomic mass is 9.77. The van der Waals surface area contributed by atoms with Gasteiger partial charge in [-0.05, 0) is 74.2 Å². The second-order valence-corrected chi connectivity index (χ2v) is 15.1. The maximum atomic E-state index is 14.6. The van der Waals surface area contributed by atoms with Crippen LogP contribution in [0.1, 0.15) is 109 Å². The standard InChI is InChI=1S/C37H55N5O5/c1-24(2)28-18-21-42(31(28)34(45)39-29(22-25-16-17-25)32(43)33(38)44)35(46)30(27-14-8-4-9-15-27)40-36(47)41-37(19-10-5-11-20-37)23-26-12-6-3-7-13-26/h3,6-7,12-13,24-25,27-31H,4-5,8-11,14-23H2,1-2H3,(H2,38,44)(H,39,45)(H2,40,41,47)/t28-,29?,30+,31+/m1/s1. The van der Waals surface area contributed by atoms with E-state index in [1.54, 1.807) is 4.90 Å². The molecule has 5 N–H and O–H groups in total. The smallest absolute Gasteiger partial charge is 0.315 e. The van der Waals surface area contributed by atoms with E-state index in [2.05, 4.69) is 28.1 Å². The van der Waals surface area contributed by atoms with Gasteiger partial charge in [-0.2, -0.15) is 0 Å². The molecule has 1 aliphatic heterocycles. The number of likely N-dealkylation sites (tertiary alicyclic amines) is 1. The minimum Gasteiger partial charge on any atom is -0.363 e. The van der Waals surface area contributed by atoms with E-state index in [9.17, 15) is 24.0 Å². The molecule has 10 heteroatoms. The molecule has 0 bridgehead atoms. The fourth-order valence-electron chi connectivity index (χ4n) is 8.45. The Hall–Kier alpha value is -3.43. The molecule has 1 unspecified atom stereocenters. The Morgan fingerprint density at radius 2 is 1.53 bits per heavy atom. The third kappa shape index (κ3) is 8.93. The summed E-state index contributed by atoms with van der Waals surface area (Å²) in [5, 5.41) is 9.33. The number of nitrogens with zero attached hydrogens (tertiary/aromatic N) is 1. The molecule has 1 aromatic rings. The van der Waals surface area contributed by atoms with Crippen LogP contribution in [0.3, 0.4) is 0 Å². The molecule has 0 aromatic heterocycles. The molecular formula is C37H55N5O5. The summed E-state index contributed by atoms with van der Waals surface area (Å²) in [5.41, 5.74) is 6.14. The van der Waals surface area contributed by atoms with Gasteiger partial charge in [0.05, 0.1) is 6.04 Å². The first-order chi connectivity index (χ1) is 22.6. The maximum Gasteiger partial charge on any atom is 0.315 e. The molecule has 4 fully saturated rings. The van der Waals surface area contributed by atoms with Gasteiger partial charge in [-0.3, -0.25) is 19.2 Å². The zero-order valence-corrected chi connectivity index (χ0v) is 28.3.